The van der Waals surface area contributed by atoms with Gasteiger partial charge < -0.3 is 15.0 Å². The van der Waals surface area contributed by atoms with E-state index >= 15 is 0 Å². The lowest BCUT2D eigenvalue weighted by Gasteiger charge is -2.41. The molecule has 3 rings (SSSR count). The molecule has 0 radical (unpaired) electrons. The summed E-state index contributed by atoms with van der Waals surface area (Å²) in [7, 11) is 4.16. The number of benzene rings is 1. The standard InChI is InChI=1S/C21H35N3O/c1-16(2)24-19-9-10-20(24)14-18(13-19)22-15-17-7-5-6-8-21(17)25-12-11-23(3)4/h5-8,16,18-20,22H,9-15H2,1-4H3. The van der Waals surface area contributed by atoms with Crippen LogP contribution in [0, 0.1) is 0 Å². The molecule has 2 heterocycles. The highest BCUT2D eigenvalue weighted by Gasteiger charge is 2.41. The predicted octanol–water partition coefficient (Wildman–Crippen LogP) is 3.12. The van der Waals surface area contributed by atoms with Gasteiger partial charge in [-0.25, -0.2) is 0 Å². The zero-order chi connectivity index (χ0) is 17.8. The third-order valence-electron chi connectivity index (χ3n) is 5.74. The molecule has 0 aromatic heterocycles. The average molecular weight is 346 g/mol. The van der Waals surface area contributed by atoms with Gasteiger partial charge in [0.15, 0.2) is 0 Å². The molecule has 2 atom stereocenters. The lowest BCUT2D eigenvalue weighted by atomic mass is 9.95. The molecule has 1 aromatic rings. The van der Waals surface area contributed by atoms with E-state index in [4.69, 9.17) is 4.74 Å². The number of nitrogens with one attached hydrogen (secondary N) is 1. The van der Waals surface area contributed by atoms with Gasteiger partial charge in [-0.2, -0.15) is 0 Å². The molecular formula is C21H35N3O. The van der Waals surface area contributed by atoms with Crippen molar-refractivity contribution in [3.8, 4) is 5.75 Å². The van der Waals surface area contributed by atoms with E-state index in [1.807, 2.05) is 0 Å². The molecule has 4 nitrogen and oxygen atoms in total. The van der Waals surface area contributed by atoms with Crippen molar-refractivity contribution in [1.29, 1.82) is 0 Å². The molecule has 2 saturated heterocycles. The van der Waals surface area contributed by atoms with Gasteiger partial charge in [-0.05, 0) is 59.7 Å². The first-order valence-corrected chi connectivity index (χ1v) is 9.91. The molecule has 2 aliphatic rings. The quantitative estimate of drug-likeness (QED) is 0.783. The van der Waals surface area contributed by atoms with E-state index in [-0.39, 0.29) is 0 Å². The van der Waals surface area contributed by atoms with E-state index in [0.29, 0.717) is 12.1 Å². The summed E-state index contributed by atoms with van der Waals surface area (Å²) in [6.45, 7) is 7.28. The molecule has 2 unspecified atom stereocenters. The first-order chi connectivity index (χ1) is 12.0. The first-order valence-electron chi connectivity index (χ1n) is 9.91. The number of nitrogens with zero attached hydrogens (tertiary/aromatic N) is 2. The topological polar surface area (TPSA) is 27.7 Å². The number of hydrogen-bond acceptors (Lipinski definition) is 4. The van der Waals surface area contributed by atoms with Crippen LogP contribution in [0.25, 0.3) is 0 Å². The Morgan fingerprint density at radius 2 is 1.84 bits per heavy atom. The molecule has 1 N–H and O–H groups in total. The summed E-state index contributed by atoms with van der Waals surface area (Å²) in [5.74, 6) is 1.03. The van der Waals surface area contributed by atoms with E-state index < -0.39 is 0 Å². The molecule has 0 saturated carbocycles. The summed E-state index contributed by atoms with van der Waals surface area (Å²) < 4.78 is 6.00. The number of piperidine rings is 1. The van der Waals surface area contributed by atoms with Crippen LogP contribution >= 0.6 is 0 Å². The van der Waals surface area contributed by atoms with Crippen LogP contribution in [-0.4, -0.2) is 61.2 Å². The van der Waals surface area contributed by atoms with Gasteiger partial charge in [-0.15, -0.1) is 0 Å². The second-order valence-electron chi connectivity index (χ2n) is 8.23. The predicted molar refractivity (Wildman–Crippen MR) is 104 cm³/mol. The highest BCUT2D eigenvalue weighted by Crippen LogP contribution is 2.37. The highest BCUT2D eigenvalue weighted by atomic mass is 16.5. The fourth-order valence-corrected chi connectivity index (χ4v) is 4.61. The van der Waals surface area contributed by atoms with E-state index in [1.165, 1.54) is 31.2 Å². The Balaban J connectivity index is 1.53. The molecular weight excluding hydrogens is 310 g/mol. The van der Waals surface area contributed by atoms with Crippen LogP contribution in [0.15, 0.2) is 24.3 Å². The summed E-state index contributed by atoms with van der Waals surface area (Å²) in [5, 5.41) is 3.82. The SMILES string of the molecule is CC(C)N1C2CCC1CC(NCc1ccccc1OCCN(C)C)C2. The summed E-state index contributed by atoms with van der Waals surface area (Å²) in [6, 6.07) is 11.3. The smallest absolute Gasteiger partial charge is 0.123 e. The van der Waals surface area contributed by atoms with Crippen molar-refractivity contribution in [2.24, 2.45) is 0 Å². The third-order valence-corrected chi connectivity index (χ3v) is 5.74. The second-order valence-corrected chi connectivity index (χ2v) is 8.23. The number of ether oxygens (including phenoxy) is 1. The molecule has 140 valence electrons. The van der Waals surface area contributed by atoms with Crippen molar-refractivity contribution in [2.45, 2.75) is 70.2 Å². The number of likely N-dealkylation sites (N-methyl/N-ethyl adjacent to an activating group) is 1. The van der Waals surface area contributed by atoms with Crippen LogP contribution in [0.2, 0.25) is 0 Å². The molecule has 1 aromatic carbocycles. The Morgan fingerprint density at radius 3 is 2.48 bits per heavy atom. The maximum Gasteiger partial charge on any atom is 0.123 e. The zero-order valence-corrected chi connectivity index (χ0v) is 16.4. The van der Waals surface area contributed by atoms with Crippen molar-refractivity contribution < 1.29 is 4.74 Å². The molecule has 0 aliphatic carbocycles. The fraction of sp³-hybridized carbons (Fsp3) is 0.714. The minimum absolute atomic E-state index is 0.641. The lowest BCUT2D eigenvalue weighted by molar-refractivity contribution is 0.0845. The van der Waals surface area contributed by atoms with Crippen molar-refractivity contribution in [3.05, 3.63) is 29.8 Å². The summed E-state index contributed by atoms with van der Waals surface area (Å²) in [6.07, 6.45) is 5.34. The number of hydrogen-bond donors (Lipinski definition) is 1. The van der Waals surface area contributed by atoms with Gasteiger partial charge >= 0.3 is 0 Å². The van der Waals surface area contributed by atoms with E-state index in [9.17, 15) is 0 Å². The Kier molecular flexibility index (Phi) is 6.37. The third kappa shape index (κ3) is 4.75. The number of para-hydroxylation sites is 1. The molecule has 4 heteroatoms. The van der Waals surface area contributed by atoms with Crippen molar-refractivity contribution >= 4 is 0 Å². The summed E-state index contributed by atoms with van der Waals surface area (Å²) in [4.78, 5) is 4.91. The van der Waals surface area contributed by atoms with E-state index in [2.05, 4.69) is 67.3 Å². The van der Waals surface area contributed by atoms with E-state index in [0.717, 1.165) is 37.5 Å². The molecule has 25 heavy (non-hydrogen) atoms. The highest BCUT2D eigenvalue weighted by molar-refractivity contribution is 5.33. The van der Waals surface area contributed by atoms with Gasteiger partial charge in [0.05, 0.1) is 0 Å². The number of rotatable bonds is 8. The Bertz CT molecular complexity index is 532. The van der Waals surface area contributed by atoms with Gasteiger partial charge in [0, 0.05) is 42.8 Å². The minimum atomic E-state index is 0.641. The van der Waals surface area contributed by atoms with E-state index in [1.54, 1.807) is 0 Å². The van der Waals surface area contributed by atoms with Crippen molar-refractivity contribution in [1.82, 2.24) is 15.1 Å². The lowest BCUT2D eigenvalue weighted by Crippen LogP contribution is -2.51. The van der Waals surface area contributed by atoms with Crippen LogP contribution in [0.5, 0.6) is 5.75 Å². The van der Waals surface area contributed by atoms with Crippen LogP contribution in [-0.2, 0) is 6.54 Å². The molecule has 0 amide bonds. The van der Waals surface area contributed by atoms with Gasteiger partial charge in [0.25, 0.3) is 0 Å². The monoisotopic (exact) mass is 345 g/mol. The van der Waals surface area contributed by atoms with Crippen LogP contribution < -0.4 is 10.1 Å². The average Bonchev–Trinajstić information content (AvgIpc) is 2.85. The largest absolute Gasteiger partial charge is 0.492 e. The normalized spacial score (nSPS) is 26.6. The van der Waals surface area contributed by atoms with Crippen molar-refractivity contribution in [3.63, 3.8) is 0 Å². The second kappa shape index (κ2) is 8.52. The molecule has 0 spiro atoms. The minimum Gasteiger partial charge on any atom is -0.492 e. The van der Waals surface area contributed by atoms with Crippen LogP contribution in [0.4, 0.5) is 0 Å². The Labute approximate surface area is 153 Å². The van der Waals surface area contributed by atoms with Crippen LogP contribution in [0.1, 0.15) is 45.1 Å². The molecule has 2 fully saturated rings. The van der Waals surface area contributed by atoms with Gasteiger partial charge in [-0.3, -0.25) is 4.90 Å². The van der Waals surface area contributed by atoms with Gasteiger partial charge in [0.1, 0.15) is 12.4 Å². The maximum absolute atomic E-state index is 6.00. The first kappa shape index (κ1) is 18.7. The number of fused-ring (bicyclic) bond motifs is 2. The van der Waals surface area contributed by atoms with Gasteiger partial charge in [0.2, 0.25) is 0 Å². The Morgan fingerprint density at radius 1 is 1.16 bits per heavy atom. The fourth-order valence-electron chi connectivity index (χ4n) is 4.61. The Hall–Kier alpha value is -1.10. The maximum atomic E-state index is 6.00. The molecule has 2 bridgehead atoms. The van der Waals surface area contributed by atoms with Crippen molar-refractivity contribution in [2.75, 3.05) is 27.2 Å². The van der Waals surface area contributed by atoms with Gasteiger partial charge in [-0.1, -0.05) is 18.2 Å². The summed E-state index contributed by atoms with van der Waals surface area (Å²) >= 11 is 0. The molecule has 2 aliphatic heterocycles. The summed E-state index contributed by atoms with van der Waals surface area (Å²) in [5.41, 5.74) is 1.28. The zero-order valence-electron chi connectivity index (χ0n) is 16.4. The van der Waals surface area contributed by atoms with Crippen LogP contribution in [0.3, 0.4) is 0 Å².